The highest BCUT2D eigenvalue weighted by Gasteiger charge is 2.16. The molecule has 29 heavy (non-hydrogen) atoms. The van der Waals surface area contributed by atoms with Gasteiger partial charge in [0, 0.05) is 18.9 Å². The van der Waals surface area contributed by atoms with Gasteiger partial charge in [-0.2, -0.15) is 0 Å². The highest BCUT2D eigenvalue weighted by molar-refractivity contribution is 5.68. The molecule has 1 atom stereocenters. The molecule has 1 heterocycles. The number of benzene rings is 2. The number of aliphatic carboxylic acids is 1. The van der Waals surface area contributed by atoms with Gasteiger partial charge in [-0.15, -0.1) is 0 Å². The molecule has 3 aromatic rings. The molecule has 0 saturated heterocycles. The van der Waals surface area contributed by atoms with Crippen molar-refractivity contribution >= 4 is 11.9 Å². The van der Waals surface area contributed by atoms with Gasteiger partial charge in [0.1, 0.15) is 5.75 Å². The van der Waals surface area contributed by atoms with E-state index in [4.69, 9.17) is 4.74 Å². The summed E-state index contributed by atoms with van der Waals surface area (Å²) in [4.78, 5) is 19.5. The van der Waals surface area contributed by atoms with Crippen molar-refractivity contribution in [2.45, 2.75) is 25.2 Å². The molecule has 0 aliphatic rings. The van der Waals surface area contributed by atoms with Crippen molar-refractivity contribution in [1.29, 1.82) is 0 Å². The molecule has 0 saturated carbocycles. The quantitative estimate of drug-likeness (QED) is 0.478. The number of anilines is 1. The van der Waals surface area contributed by atoms with E-state index in [2.05, 4.69) is 15.3 Å². The normalized spacial score (nSPS) is 11.6. The van der Waals surface area contributed by atoms with Crippen LogP contribution in [0.1, 0.15) is 29.9 Å². The Bertz CT molecular complexity index is 871. The Morgan fingerprint density at radius 1 is 1.00 bits per heavy atom. The molecule has 3 rings (SSSR count). The Morgan fingerprint density at radius 3 is 2.41 bits per heavy atom. The van der Waals surface area contributed by atoms with Gasteiger partial charge in [0.2, 0.25) is 5.95 Å². The van der Waals surface area contributed by atoms with Gasteiger partial charge in [-0.25, -0.2) is 9.97 Å². The number of hydrogen-bond acceptors (Lipinski definition) is 5. The second-order valence-electron chi connectivity index (χ2n) is 6.75. The molecule has 6 heteroatoms. The number of rotatable bonds is 11. The number of aromatic nitrogens is 2. The van der Waals surface area contributed by atoms with Gasteiger partial charge in [-0.3, -0.25) is 4.79 Å². The minimum absolute atomic E-state index is 0.0493. The minimum Gasteiger partial charge on any atom is -0.494 e. The summed E-state index contributed by atoms with van der Waals surface area (Å²) in [6.45, 7) is 1.32. The van der Waals surface area contributed by atoms with Crippen LogP contribution >= 0.6 is 0 Å². The van der Waals surface area contributed by atoms with Crippen LogP contribution in [0.5, 0.6) is 5.75 Å². The fraction of sp³-hybridized carbons (Fsp3) is 0.261. The monoisotopic (exact) mass is 391 g/mol. The summed E-state index contributed by atoms with van der Waals surface area (Å²) in [5.74, 6) is 0.588. The maximum atomic E-state index is 11.3. The molecule has 0 radical (unpaired) electrons. The minimum atomic E-state index is -0.784. The second kappa shape index (κ2) is 10.8. The molecule has 2 aromatic carbocycles. The molecule has 150 valence electrons. The lowest BCUT2D eigenvalue weighted by Crippen LogP contribution is -2.10. The predicted octanol–water partition coefficient (Wildman–Crippen LogP) is 4.16. The molecular formula is C23H25N3O3. The maximum absolute atomic E-state index is 11.3. The largest absolute Gasteiger partial charge is 0.494 e. The van der Waals surface area contributed by atoms with Crippen LogP contribution in [-0.2, 0) is 11.2 Å². The summed E-state index contributed by atoms with van der Waals surface area (Å²) >= 11 is 0. The number of carboxylic acids is 1. The van der Waals surface area contributed by atoms with Crippen LogP contribution in [0, 0.1) is 0 Å². The predicted molar refractivity (Wildman–Crippen MR) is 112 cm³/mol. The zero-order valence-corrected chi connectivity index (χ0v) is 16.2. The third-order valence-corrected chi connectivity index (χ3v) is 4.54. The fourth-order valence-electron chi connectivity index (χ4n) is 3.10. The van der Waals surface area contributed by atoms with E-state index in [-0.39, 0.29) is 12.3 Å². The lowest BCUT2D eigenvalue weighted by atomic mass is 9.89. The van der Waals surface area contributed by atoms with Gasteiger partial charge >= 0.3 is 5.97 Å². The molecule has 2 N–H and O–H groups in total. The van der Waals surface area contributed by atoms with Crippen LogP contribution in [0.15, 0.2) is 73.1 Å². The van der Waals surface area contributed by atoms with Gasteiger partial charge < -0.3 is 15.2 Å². The number of carboxylic acid groups (broad SMARTS) is 1. The van der Waals surface area contributed by atoms with Crippen molar-refractivity contribution in [3.63, 3.8) is 0 Å². The number of nitrogens with one attached hydrogen (secondary N) is 1. The lowest BCUT2D eigenvalue weighted by molar-refractivity contribution is -0.137. The molecule has 0 bridgehead atoms. The van der Waals surface area contributed by atoms with Crippen LogP contribution in [0.2, 0.25) is 0 Å². The third kappa shape index (κ3) is 6.92. The molecular weight excluding hydrogens is 366 g/mol. The number of ether oxygens (including phenoxy) is 1. The molecule has 0 aliphatic carbocycles. The summed E-state index contributed by atoms with van der Waals surface area (Å²) in [7, 11) is 0. The number of carbonyl (C=O) groups is 1. The first-order chi connectivity index (χ1) is 14.2. The molecule has 6 nitrogen and oxygen atoms in total. The summed E-state index contributed by atoms with van der Waals surface area (Å²) in [6.07, 6.45) is 5.02. The Labute approximate surface area is 170 Å². The van der Waals surface area contributed by atoms with E-state index in [1.54, 1.807) is 18.5 Å². The van der Waals surface area contributed by atoms with Gasteiger partial charge in [-0.05, 0) is 48.1 Å². The van der Waals surface area contributed by atoms with Crippen LogP contribution in [-0.4, -0.2) is 34.2 Å². The SMILES string of the molecule is O=C(O)CC(Cc1ccc(OCCCNc2ncccn2)cc1)c1ccccc1. The highest BCUT2D eigenvalue weighted by Crippen LogP contribution is 2.25. The topological polar surface area (TPSA) is 84.3 Å². The lowest BCUT2D eigenvalue weighted by Gasteiger charge is -2.16. The molecule has 0 amide bonds. The molecule has 1 unspecified atom stereocenters. The van der Waals surface area contributed by atoms with E-state index < -0.39 is 5.97 Å². The van der Waals surface area contributed by atoms with Crippen molar-refractivity contribution < 1.29 is 14.6 Å². The van der Waals surface area contributed by atoms with E-state index in [9.17, 15) is 9.90 Å². The Balaban J connectivity index is 1.46. The summed E-state index contributed by atoms with van der Waals surface area (Å²) < 4.78 is 5.78. The van der Waals surface area contributed by atoms with E-state index >= 15 is 0 Å². The summed E-state index contributed by atoms with van der Waals surface area (Å²) in [5.41, 5.74) is 2.14. The average Bonchev–Trinajstić information content (AvgIpc) is 2.75. The molecule has 0 spiro atoms. The van der Waals surface area contributed by atoms with Crippen LogP contribution in [0.4, 0.5) is 5.95 Å². The summed E-state index contributed by atoms with van der Waals surface area (Å²) in [6, 6.07) is 19.5. The number of hydrogen-bond donors (Lipinski definition) is 2. The smallest absolute Gasteiger partial charge is 0.303 e. The first kappa shape index (κ1) is 20.3. The van der Waals surface area contributed by atoms with E-state index in [1.165, 1.54) is 0 Å². The van der Waals surface area contributed by atoms with Gasteiger partial charge in [0.05, 0.1) is 13.0 Å². The van der Waals surface area contributed by atoms with E-state index in [0.717, 1.165) is 29.8 Å². The van der Waals surface area contributed by atoms with Crippen LogP contribution in [0.25, 0.3) is 0 Å². The van der Waals surface area contributed by atoms with Crippen molar-refractivity contribution in [2.24, 2.45) is 0 Å². The first-order valence-electron chi connectivity index (χ1n) is 9.70. The molecule has 1 aromatic heterocycles. The van der Waals surface area contributed by atoms with Gasteiger partial charge in [-0.1, -0.05) is 42.5 Å². The first-order valence-corrected chi connectivity index (χ1v) is 9.70. The highest BCUT2D eigenvalue weighted by atomic mass is 16.5. The average molecular weight is 391 g/mol. The van der Waals surface area contributed by atoms with Crippen molar-refractivity contribution in [2.75, 3.05) is 18.5 Å². The van der Waals surface area contributed by atoms with E-state index in [0.29, 0.717) is 19.0 Å². The maximum Gasteiger partial charge on any atom is 0.303 e. The van der Waals surface area contributed by atoms with Crippen LogP contribution in [0.3, 0.4) is 0 Å². The van der Waals surface area contributed by atoms with Gasteiger partial charge in [0.15, 0.2) is 0 Å². The summed E-state index contributed by atoms with van der Waals surface area (Å²) in [5, 5.41) is 12.4. The number of nitrogens with zero attached hydrogens (tertiary/aromatic N) is 2. The van der Waals surface area contributed by atoms with Crippen molar-refractivity contribution in [1.82, 2.24) is 9.97 Å². The zero-order valence-electron chi connectivity index (χ0n) is 16.2. The third-order valence-electron chi connectivity index (χ3n) is 4.54. The Kier molecular flexibility index (Phi) is 7.57. The fourth-order valence-corrected chi connectivity index (χ4v) is 3.10. The second-order valence-corrected chi connectivity index (χ2v) is 6.75. The van der Waals surface area contributed by atoms with Gasteiger partial charge in [0.25, 0.3) is 0 Å². The molecule has 0 fully saturated rings. The van der Waals surface area contributed by atoms with Crippen molar-refractivity contribution in [3.05, 3.63) is 84.2 Å². The van der Waals surface area contributed by atoms with Crippen LogP contribution < -0.4 is 10.1 Å². The standard InChI is InChI=1S/C23H25N3O3/c27-22(28)17-20(19-6-2-1-3-7-19)16-18-8-10-21(11-9-18)29-15-5-14-26-23-24-12-4-13-25-23/h1-4,6-13,20H,5,14-17H2,(H,27,28)(H,24,25,26). The van der Waals surface area contributed by atoms with E-state index in [1.807, 2.05) is 54.6 Å². The molecule has 0 aliphatic heterocycles. The van der Waals surface area contributed by atoms with Crippen molar-refractivity contribution in [3.8, 4) is 5.75 Å². The Morgan fingerprint density at radius 2 is 1.72 bits per heavy atom. The Hall–Kier alpha value is -3.41. The zero-order chi connectivity index (χ0) is 20.3.